The van der Waals surface area contributed by atoms with Crippen LogP contribution in [0.15, 0.2) is 18.3 Å². The highest BCUT2D eigenvalue weighted by Gasteiger charge is 2.33. The van der Waals surface area contributed by atoms with Gasteiger partial charge in [0.1, 0.15) is 0 Å². The van der Waals surface area contributed by atoms with Gasteiger partial charge in [-0.25, -0.2) is 4.98 Å². The molecule has 0 amide bonds. The van der Waals surface area contributed by atoms with Crippen molar-refractivity contribution in [3.63, 3.8) is 0 Å². The van der Waals surface area contributed by atoms with E-state index in [0.29, 0.717) is 11.4 Å². The van der Waals surface area contributed by atoms with Crippen molar-refractivity contribution in [1.29, 1.82) is 0 Å². The lowest BCUT2D eigenvalue weighted by atomic mass is 9.80. The summed E-state index contributed by atoms with van der Waals surface area (Å²) in [5.41, 5.74) is 1.54. The van der Waals surface area contributed by atoms with Gasteiger partial charge in [-0.2, -0.15) is 0 Å². The van der Waals surface area contributed by atoms with Crippen LogP contribution in [0.25, 0.3) is 0 Å². The van der Waals surface area contributed by atoms with E-state index in [0.717, 1.165) is 13.1 Å². The molecule has 1 fully saturated rings. The Morgan fingerprint density at radius 3 is 2.55 bits per heavy atom. The third-order valence-electron chi connectivity index (χ3n) is 4.52. The van der Waals surface area contributed by atoms with Gasteiger partial charge in [0.25, 0.3) is 0 Å². The maximum atomic E-state index is 5.08. The van der Waals surface area contributed by atoms with E-state index < -0.39 is 0 Å². The number of nitrogens with zero attached hydrogens (tertiary/aromatic N) is 2. The van der Waals surface area contributed by atoms with Crippen molar-refractivity contribution in [2.45, 2.75) is 44.2 Å². The van der Waals surface area contributed by atoms with E-state index in [1.54, 1.807) is 7.11 Å². The molecule has 112 valence electrons. The summed E-state index contributed by atoms with van der Waals surface area (Å²) >= 11 is 0. The maximum Gasteiger partial charge on any atom is 0.212 e. The van der Waals surface area contributed by atoms with Crippen LogP contribution in [0.4, 0.5) is 0 Å². The van der Waals surface area contributed by atoms with Gasteiger partial charge in [0, 0.05) is 30.9 Å². The number of aromatic nitrogens is 1. The smallest absolute Gasteiger partial charge is 0.212 e. The van der Waals surface area contributed by atoms with Gasteiger partial charge < -0.3 is 15.0 Å². The van der Waals surface area contributed by atoms with Crippen LogP contribution in [0, 0.1) is 0 Å². The van der Waals surface area contributed by atoms with Crippen molar-refractivity contribution < 1.29 is 4.74 Å². The molecule has 4 heteroatoms. The summed E-state index contributed by atoms with van der Waals surface area (Å²) in [5, 5.41) is 3.61. The molecule has 0 bridgehead atoms. The zero-order valence-corrected chi connectivity index (χ0v) is 13.0. The molecule has 0 saturated heterocycles. The Balaban J connectivity index is 1.86. The zero-order chi connectivity index (χ0) is 14.4. The Bertz CT molecular complexity index is 397. The van der Waals surface area contributed by atoms with E-state index in [1.165, 1.54) is 37.7 Å². The summed E-state index contributed by atoms with van der Waals surface area (Å²) in [6, 6.07) is 3.99. The van der Waals surface area contributed by atoms with Crippen LogP contribution in [0.5, 0.6) is 5.88 Å². The number of ether oxygens (including phenoxy) is 1. The normalized spacial score (nSPS) is 18.2. The second-order valence-corrected chi connectivity index (χ2v) is 5.99. The number of pyridine rings is 1. The molecule has 4 nitrogen and oxygen atoms in total. The zero-order valence-electron chi connectivity index (χ0n) is 13.0. The number of rotatable bonds is 6. The molecular weight excluding hydrogens is 250 g/mol. The monoisotopic (exact) mass is 277 g/mol. The van der Waals surface area contributed by atoms with E-state index in [2.05, 4.69) is 35.4 Å². The van der Waals surface area contributed by atoms with Gasteiger partial charge >= 0.3 is 0 Å². The molecule has 0 unspecified atom stereocenters. The minimum absolute atomic E-state index is 0.331. The SMILES string of the molecule is COc1ccc(CNCC2(N(C)C)CCCCC2)cn1. The summed E-state index contributed by atoms with van der Waals surface area (Å²) in [6.07, 6.45) is 8.57. The quantitative estimate of drug-likeness (QED) is 0.866. The molecule has 1 aliphatic carbocycles. The van der Waals surface area contributed by atoms with Crippen LogP contribution in [0.2, 0.25) is 0 Å². The fourth-order valence-corrected chi connectivity index (χ4v) is 3.07. The minimum Gasteiger partial charge on any atom is -0.481 e. The van der Waals surface area contributed by atoms with E-state index in [1.807, 2.05) is 12.3 Å². The van der Waals surface area contributed by atoms with Crippen LogP contribution in [0.3, 0.4) is 0 Å². The van der Waals surface area contributed by atoms with E-state index in [9.17, 15) is 0 Å². The highest BCUT2D eigenvalue weighted by atomic mass is 16.5. The number of hydrogen-bond acceptors (Lipinski definition) is 4. The fraction of sp³-hybridized carbons (Fsp3) is 0.688. The first-order chi connectivity index (χ1) is 9.66. The predicted octanol–water partition coefficient (Wildman–Crippen LogP) is 2.44. The summed E-state index contributed by atoms with van der Waals surface area (Å²) in [6.45, 7) is 1.92. The summed E-state index contributed by atoms with van der Waals surface area (Å²) < 4.78 is 5.08. The first-order valence-electron chi connectivity index (χ1n) is 7.53. The molecule has 0 spiro atoms. The van der Waals surface area contributed by atoms with E-state index in [-0.39, 0.29) is 0 Å². The van der Waals surface area contributed by atoms with Crippen LogP contribution in [-0.4, -0.2) is 43.2 Å². The van der Waals surface area contributed by atoms with Gasteiger partial charge in [-0.05, 0) is 32.5 Å². The Morgan fingerprint density at radius 2 is 2.00 bits per heavy atom. The number of methoxy groups -OCH3 is 1. The molecule has 1 heterocycles. The standard InChI is InChI=1S/C16H27N3O/c1-19(2)16(9-5-4-6-10-16)13-17-11-14-7-8-15(20-3)18-12-14/h7-8,12,17H,4-6,9-11,13H2,1-3H3. The van der Waals surface area contributed by atoms with Crippen molar-refractivity contribution in [2.24, 2.45) is 0 Å². The molecule has 2 rings (SSSR count). The summed E-state index contributed by atoms with van der Waals surface area (Å²) in [7, 11) is 6.06. The summed E-state index contributed by atoms with van der Waals surface area (Å²) in [4.78, 5) is 6.65. The van der Waals surface area contributed by atoms with Gasteiger partial charge in [-0.1, -0.05) is 25.3 Å². The highest BCUT2D eigenvalue weighted by Crippen LogP contribution is 2.31. The average molecular weight is 277 g/mol. The van der Waals surface area contributed by atoms with Gasteiger partial charge in [0.05, 0.1) is 7.11 Å². The van der Waals surface area contributed by atoms with Crippen LogP contribution in [-0.2, 0) is 6.54 Å². The van der Waals surface area contributed by atoms with Crippen molar-refractivity contribution in [1.82, 2.24) is 15.2 Å². The molecule has 0 atom stereocenters. The lowest BCUT2D eigenvalue weighted by Gasteiger charge is -2.43. The average Bonchev–Trinajstić information content (AvgIpc) is 2.49. The largest absolute Gasteiger partial charge is 0.481 e. The number of nitrogens with one attached hydrogen (secondary N) is 1. The van der Waals surface area contributed by atoms with E-state index in [4.69, 9.17) is 4.74 Å². The van der Waals surface area contributed by atoms with Gasteiger partial charge in [0.2, 0.25) is 5.88 Å². The lowest BCUT2D eigenvalue weighted by molar-refractivity contribution is 0.0984. The minimum atomic E-state index is 0.331. The van der Waals surface area contributed by atoms with Crippen LogP contribution in [0.1, 0.15) is 37.7 Å². The molecule has 0 aliphatic heterocycles. The fourth-order valence-electron chi connectivity index (χ4n) is 3.07. The third kappa shape index (κ3) is 3.70. The Labute approximate surface area is 122 Å². The van der Waals surface area contributed by atoms with Crippen molar-refractivity contribution in [3.05, 3.63) is 23.9 Å². The van der Waals surface area contributed by atoms with Crippen molar-refractivity contribution in [2.75, 3.05) is 27.7 Å². The molecule has 1 saturated carbocycles. The van der Waals surface area contributed by atoms with Gasteiger partial charge in [-0.3, -0.25) is 0 Å². The molecule has 1 aliphatic rings. The van der Waals surface area contributed by atoms with E-state index >= 15 is 0 Å². The second-order valence-electron chi connectivity index (χ2n) is 5.99. The molecule has 0 aromatic carbocycles. The third-order valence-corrected chi connectivity index (χ3v) is 4.52. The molecule has 1 aromatic rings. The number of likely N-dealkylation sites (N-methyl/N-ethyl adjacent to an activating group) is 1. The highest BCUT2D eigenvalue weighted by molar-refractivity contribution is 5.17. The molecule has 0 radical (unpaired) electrons. The molecule has 20 heavy (non-hydrogen) atoms. The summed E-state index contributed by atoms with van der Waals surface area (Å²) in [5.74, 6) is 0.672. The second kappa shape index (κ2) is 7.04. The van der Waals surface area contributed by atoms with Crippen molar-refractivity contribution in [3.8, 4) is 5.88 Å². The topological polar surface area (TPSA) is 37.4 Å². The number of hydrogen-bond donors (Lipinski definition) is 1. The Morgan fingerprint density at radius 1 is 1.25 bits per heavy atom. The maximum absolute atomic E-state index is 5.08. The molecule has 1 aromatic heterocycles. The first kappa shape index (κ1) is 15.3. The Kier molecular flexibility index (Phi) is 5.38. The molecule has 1 N–H and O–H groups in total. The van der Waals surface area contributed by atoms with Gasteiger partial charge in [-0.15, -0.1) is 0 Å². The van der Waals surface area contributed by atoms with Gasteiger partial charge in [0.15, 0.2) is 0 Å². The lowest BCUT2D eigenvalue weighted by Crippen LogP contribution is -2.52. The van der Waals surface area contributed by atoms with Crippen molar-refractivity contribution >= 4 is 0 Å². The molecular formula is C16H27N3O. The Hall–Kier alpha value is -1.13. The first-order valence-corrected chi connectivity index (χ1v) is 7.53. The van der Waals surface area contributed by atoms with Crippen LogP contribution < -0.4 is 10.1 Å². The van der Waals surface area contributed by atoms with Crippen LogP contribution >= 0.6 is 0 Å². The predicted molar refractivity (Wildman–Crippen MR) is 82.0 cm³/mol.